The minimum atomic E-state index is -1.33. The third-order valence-corrected chi connectivity index (χ3v) is 4.66. The number of aliphatic hydroxyl groups is 3. The average molecular weight is 438 g/mol. The summed E-state index contributed by atoms with van der Waals surface area (Å²) in [5, 5.41) is 35.8. The van der Waals surface area contributed by atoms with E-state index in [-0.39, 0.29) is 5.75 Å². The van der Waals surface area contributed by atoms with E-state index >= 15 is 0 Å². The average Bonchev–Trinajstić information content (AvgIpc) is 2.67. The van der Waals surface area contributed by atoms with Gasteiger partial charge >= 0.3 is 0 Å². The van der Waals surface area contributed by atoms with Crippen molar-refractivity contribution in [3.63, 3.8) is 0 Å². The molecule has 0 rings (SSSR count). The van der Waals surface area contributed by atoms with Gasteiger partial charge in [-0.3, -0.25) is 14.4 Å². The SMILES string of the molecule is C[C@@H](O)[C@H](NC(=O)[C@@H](N)CCCCN)C(=O)N[C@@H](CS)C(=O)N[C@H](CO)[C@@H](C)O. The molecule has 0 spiro atoms. The van der Waals surface area contributed by atoms with Gasteiger partial charge in [0, 0.05) is 5.75 Å². The normalized spacial score (nSPS) is 17.4. The molecule has 0 aromatic carbocycles. The van der Waals surface area contributed by atoms with E-state index in [4.69, 9.17) is 11.5 Å². The van der Waals surface area contributed by atoms with Crippen molar-refractivity contribution in [2.45, 2.75) is 69.5 Å². The number of nitrogens with one attached hydrogen (secondary N) is 3. The topological polar surface area (TPSA) is 200 Å². The first-order chi connectivity index (χ1) is 13.6. The summed E-state index contributed by atoms with van der Waals surface area (Å²) in [7, 11) is 0. The van der Waals surface area contributed by atoms with Crippen LogP contribution in [0.2, 0.25) is 0 Å². The van der Waals surface area contributed by atoms with E-state index in [1.54, 1.807) is 0 Å². The van der Waals surface area contributed by atoms with Crippen LogP contribution in [0.4, 0.5) is 0 Å². The van der Waals surface area contributed by atoms with Gasteiger partial charge in [0.2, 0.25) is 17.7 Å². The van der Waals surface area contributed by atoms with E-state index in [0.717, 1.165) is 0 Å². The van der Waals surface area contributed by atoms with Gasteiger partial charge in [-0.25, -0.2) is 0 Å². The molecule has 6 atom stereocenters. The number of carbonyl (C=O) groups is 3. The van der Waals surface area contributed by atoms with E-state index in [1.165, 1.54) is 13.8 Å². The zero-order valence-electron chi connectivity index (χ0n) is 16.9. The van der Waals surface area contributed by atoms with Crippen LogP contribution in [0.5, 0.6) is 0 Å². The first-order valence-electron chi connectivity index (χ1n) is 9.53. The van der Waals surface area contributed by atoms with Gasteiger partial charge in [-0.15, -0.1) is 0 Å². The van der Waals surface area contributed by atoms with Crippen molar-refractivity contribution in [1.29, 1.82) is 0 Å². The van der Waals surface area contributed by atoms with Gasteiger partial charge in [0.15, 0.2) is 0 Å². The molecule has 0 aliphatic rings. The van der Waals surface area contributed by atoms with E-state index in [0.29, 0.717) is 25.8 Å². The Labute approximate surface area is 176 Å². The van der Waals surface area contributed by atoms with Crippen LogP contribution >= 0.6 is 12.6 Å². The first kappa shape index (κ1) is 27.6. The minimum Gasteiger partial charge on any atom is -0.394 e. The summed E-state index contributed by atoms with van der Waals surface area (Å²) in [4.78, 5) is 37.0. The van der Waals surface area contributed by atoms with Crippen molar-refractivity contribution in [1.82, 2.24) is 16.0 Å². The molecule has 0 aromatic heterocycles. The van der Waals surface area contributed by atoms with Gasteiger partial charge in [-0.1, -0.05) is 6.42 Å². The quantitative estimate of drug-likeness (QED) is 0.0987. The molecular formula is C17H35N5O6S. The van der Waals surface area contributed by atoms with Crippen LogP contribution in [0.3, 0.4) is 0 Å². The summed E-state index contributed by atoms with van der Waals surface area (Å²) in [5.41, 5.74) is 11.2. The van der Waals surface area contributed by atoms with Gasteiger partial charge in [-0.2, -0.15) is 12.6 Å². The number of hydrogen-bond donors (Lipinski definition) is 9. The zero-order valence-corrected chi connectivity index (χ0v) is 17.8. The van der Waals surface area contributed by atoms with Crippen molar-refractivity contribution in [3.8, 4) is 0 Å². The third-order valence-electron chi connectivity index (χ3n) is 4.29. The number of unbranched alkanes of at least 4 members (excludes halogenated alkanes) is 1. The Hall–Kier alpha value is -1.44. The summed E-state index contributed by atoms with van der Waals surface area (Å²) in [6.07, 6.45) is -0.525. The molecule has 0 bridgehead atoms. The van der Waals surface area contributed by atoms with Crippen LogP contribution < -0.4 is 27.4 Å². The fraction of sp³-hybridized carbons (Fsp3) is 0.824. The van der Waals surface area contributed by atoms with Crippen molar-refractivity contribution in [2.75, 3.05) is 18.9 Å². The van der Waals surface area contributed by atoms with Crippen molar-refractivity contribution >= 4 is 30.4 Å². The molecule has 0 unspecified atom stereocenters. The van der Waals surface area contributed by atoms with Crippen LogP contribution in [0.25, 0.3) is 0 Å². The number of rotatable bonds is 14. The van der Waals surface area contributed by atoms with Gasteiger partial charge in [0.1, 0.15) is 12.1 Å². The molecule has 12 heteroatoms. The molecule has 0 aromatic rings. The summed E-state index contributed by atoms with van der Waals surface area (Å²) >= 11 is 4.02. The largest absolute Gasteiger partial charge is 0.394 e. The molecule has 170 valence electrons. The molecule has 0 fully saturated rings. The minimum absolute atomic E-state index is 0.0887. The van der Waals surface area contributed by atoms with Crippen LogP contribution in [0, 0.1) is 0 Å². The number of carbonyl (C=O) groups excluding carboxylic acids is 3. The second-order valence-electron chi connectivity index (χ2n) is 6.90. The molecule has 0 heterocycles. The predicted molar refractivity (Wildman–Crippen MR) is 111 cm³/mol. The summed E-state index contributed by atoms with van der Waals surface area (Å²) < 4.78 is 0. The number of nitrogens with two attached hydrogens (primary N) is 2. The monoisotopic (exact) mass is 437 g/mol. The lowest BCUT2D eigenvalue weighted by Crippen LogP contribution is -2.60. The standard InChI is InChI=1S/C17H35N5O6S/c1-9(24)12(7-23)20-16(27)13(8-29)21-17(28)14(10(2)25)22-15(26)11(19)5-3-4-6-18/h9-14,23-25,29H,3-8,18-19H2,1-2H3,(H,20,27)(H,21,28)(H,22,26)/t9-,10-,11+,12-,13+,14+/m1/s1. The fourth-order valence-corrected chi connectivity index (χ4v) is 2.62. The molecule has 0 aliphatic heterocycles. The highest BCUT2D eigenvalue weighted by Crippen LogP contribution is 2.02. The second-order valence-corrected chi connectivity index (χ2v) is 7.26. The fourth-order valence-electron chi connectivity index (χ4n) is 2.36. The lowest BCUT2D eigenvalue weighted by atomic mass is 10.1. The van der Waals surface area contributed by atoms with Crippen molar-refractivity contribution in [3.05, 3.63) is 0 Å². The highest BCUT2D eigenvalue weighted by molar-refractivity contribution is 7.80. The molecule has 0 aliphatic carbocycles. The Kier molecular flexibility index (Phi) is 13.8. The molecule has 11 nitrogen and oxygen atoms in total. The van der Waals surface area contributed by atoms with Gasteiger partial charge in [-0.05, 0) is 33.2 Å². The maximum atomic E-state index is 12.5. The maximum Gasteiger partial charge on any atom is 0.245 e. The first-order valence-corrected chi connectivity index (χ1v) is 10.2. The lowest BCUT2D eigenvalue weighted by Gasteiger charge is -2.26. The Morgan fingerprint density at radius 1 is 0.966 bits per heavy atom. The molecule has 0 saturated heterocycles. The van der Waals surface area contributed by atoms with Crippen molar-refractivity contribution in [2.24, 2.45) is 11.5 Å². The lowest BCUT2D eigenvalue weighted by molar-refractivity contribution is -0.134. The molecule has 3 amide bonds. The molecule has 0 radical (unpaired) electrons. The van der Waals surface area contributed by atoms with E-state index in [2.05, 4.69) is 28.6 Å². The van der Waals surface area contributed by atoms with E-state index in [9.17, 15) is 29.7 Å². The molecular weight excluding hydrogens is 402 g/mol. The number of thiol groups is 1. The summed E-state index contributed by atoms with van der Waals surface area (Å²) in [6.45, 7) is 2.69. The maximum absolute atomic E-state index is 12.5. The highest BCUT2D eigenvalue weighted by Gasteiger charge is 2.31. The third kappa shape index (κ3) is 10.2. The van der Waals surface area contributed by atoms with Crippen LogP contribution in [0.1, 0.15) is 33.1 Å². The van der Waals surface area contributed by atoms with Crippen molar-refractivity contribution < 1.29 is 29.7 Å². The second kappa shape index (κ2) is 14.5. The molecule has 29 heavy (non-hydrogen) atoms. The number of aliphatic hydroxyl groups excluding tert-OH is 3. The highest BCUT2D eigenvalue weighted by atomic mass is 32.1. The van der Waals surface area contributed by atoms with Crippen LogP contribution in [-0.2, 0) is 14.4 Å². The molecule has 0 saturated carbocycles. The van der Waals surface area contributed by atoms with E-state index < -0.39 is 60.7 Å². The van der Waals surface area contributed by atoms with Gasteiger partial charge in [0.25, 0.3) is 0 Å². The summed E-state index contributed by atoms with van der Waals surface area (Å²) in [6, 6.07) is -4.23. The smallest absolute Gasteiger partial charge is 0.245 e. The Bertz CT molecular complexity index is 523. The predicted octanol–water partition coefficient (Wildman–Crippen LogP) is -3.42. The van der Waals surface area contributed by atoms with E-state index in [1.807, 2.05) is 0 Å². The van der Waals surface area contributed by atoms with Gasteiger partial charge < -0.3 is 42.7 Å². The van der Waals surface area contributed by atoms with Crippen LogP contribution in [0.15, 0.2) is 0 Å². The molecule has 10 N–H and O–H groups in total. The Balaban J connectivity index is 4.97. The number of amides is 3. The number of hydrogen-bond acceptors (Lipinski definition) is 9. The van der Waals surface area contributed by atoms with Gasteiger partial charge in [0.05, 0.1) is 30.9 Å². The summed E-state index contributed by atoms with van der Waals surface area (Å²) in [5.74, 6) is -2.17. The Morgan fingerprint density at radius 3 is 2.03 bits per heavy atom. The Morgan fingerprint density at radius 2 is 1.59 bits per heavy atom. The zero-order chi connectivity index (χ0) is 22.6. The van der Waals surface area contributed by atoms with Crippen LogP contribution in [-0.4, -0.2) is 88.3 Å².